The van der Waals surface area contributed by atoms with Crippen molar-refractivity contribution < 1.29 is 0 Å². The zero-order valence-electron chi connectivity index (χ0n) is 30.8. The zero-order chi connectivity index (χ0) is 37.3. The highest BCUT2D eigenvalue weighted by Gasteiger charge is 2.23. The van der Waals surface area contributed by atoms with Crippen LogP contribution >= 0.6 is 0 Å². The molecule has 0 aliphatic rings. The summed E-state index contributed by atoms with van der Waals surface area (Å²) < 4.78 is 2.44. The van der Waals surface area contributed by atoms with Gasteiger partial charge in [-0.1, -0.05) is 182 Å². The van der Waals surface area contributed by atoms with Gasteiger partial charge >= 0.3 is 0 Å². The molecule has 2 heteroatoms. The van der Waals surface area contributed by atoms with Gasteiger partial charge in [0.05, 0.1) is 22.4 Å². The van der Waals surface area contributed by atoms with Gasteiger partial charge in [-0.05, 0) is 87.5 Å². The predicted molar refractivity (Wildman–Crippen MR) is 237 cm³/mol. The van der Waals surface area contributed by atoms with Crippen LogP contribution in [-0.2, 0) is 0 Å². The molecule has 10 aromatic rings. The molecule has 9 aromatic carbocycles. The Kier molecular flexibility index (Phi) is 8.55. The molecular weight excluding hydrogens is 677 g/mol. The zero-order valence-corrected chi connectivity index (χ0v) is 30.8. The number of hydrogen-bond acceptors (Lipinski definition) is 1. The van der Waals surface area contributed by atoms with Crippen molar-refractivity contribution >= 4 is 38.9 Å². The molecule has 10 rings (SSSR count). The minimum absolute atomic E-state index is 1.11. The second kappa shape index (κ2) is 14.4. The minimum Gasteiger partial charge on any atom is -0.309 e. The Morgan fingerprint density at radius 1 is 0.304 bits per heavy atom. The predicted octanol–water partition coefficient (Wildman–Crippen LogP) is 14.9. The fourth-order valence-corrected chi connectivity index (χ4v) is 8.23. The molecule has 0 amide bonds. The van der Waals surface area contributed by atoms with Crippen molar-refractivity contribution in [2.45, 2.75) is 0 Å². The molecule has 1 heterocycles. The van der Waals surface area contributed by atoms with Crippen molar-refractivity contribution in [1.82, 2.24) is 4.57 Å². The lowest BCUT2D eigenvalue weighted by Crippen LogP contribution is -2.11. The molecule has 0 atom stereocenters. The van der Waals surface area contributed by atoms with E-state index in [9.17, 15) is 0 Å². The van der Waals surface area contributed by atoms with Gasteiger partial charge in [0.15, 0.2) is 0 Å². The van der Waals surface area contributed by atoms with Crippen LogP contribution in [0.1, 0.15) is 0 Å². The average Bonchev–Trinajstić information content (AvgIpc) is 3.63. The molecule has 0 aliphatic carbocycles. The Labute approximate surface area is 327 Å². The van der Waals surface area contributed by atoms with Crippen LogP contribution in [0.2, 0.25) is 0 Å². The van der Waals surface area contributed by atoms with E-state index in [0.717, 1.165) is 28.3 Å². The molecule has 2 nitrogen and oxygen atoms in total. The highest BCUT2D eigenvalue weighted by Crippen LogP contribution is 2.47. The molecular formula is C54H38N2. The fourth-order valence-electron chi connectivity index (χ4n) is 8.23. The highest BCUT2D eigenvalue weighted by atomic mass is 15.1. The number of rotatable bonds is 8. The van der Waals surface area contributed by atoms with Crippen molar-refractivity contribution in [2.24, 2.45) is 0 Å². The van der Waals surface area contributed by atoms with Crippen molar-refractivity contribution in [1.29, 1.82) is 0 Å². The number of anilines is 3. The number of para-hydroxylation sites is 3. The molecule has 264 valence electrons. The third-order valence-corrected chi connectivity index (χ3v) is 10.8. The van der Waals surface area contributed by atoms with Crippen LogP contribution in [0.25, 0.3) is 72.0 Å². The Morgan fingerprint density at radius 3 is 1.52 bits per heavy atom. The number of hydrogen-bond donors (Lipinski definition) is 0. The van der Waals surface area contributed by atoms with Gasteiger partial charge in [0.25, 0.3) is 0 Å². The van der Waals surface area contributed by atoms with Gasteiger partial charge < -0.3 is 9.47 Å². The first-order valence-electron chi connectivity index (χ1n) is 19.2. The smallest absolute Gasteiger partial charge is 0.0562 e. The number of nitrogens with zero attached hydrogens (tertiary/aromatic N) is 2. The lowest BCUT2D eigenvalue weighted by Gasteiger charge is -2.28. The van der Waals surface area contributed by atoms with Gasteiger partial charge in [0.1, 0.15) is 0 Å². The SMILES string of the molecule is c1ccc(-c2ccc(-c3ccc(-n4c5ccccc5c5c(N(c6ccccc6)c6ccccc6-c6ccccc6)cccc54)cc3-c3ccccc3)cc2)cc1. The number of benzene rings is 9. The van der Waals surface area contributed by atoms with Gasteiger partial charge in [0, 0.05) is 27.7 Å². The van der Waals surface area contributed by atoms with Crippen LogP contribution in [0.15, 0.2) is 231 Å². The molecule has 0 fully saturated rings. The van der Waals surface area contributed by atoms with Gasteiger partial charge in [0.2, 0.25) is 0 Å². The van der Waals surface area contributed by atoms with Crippen molar-refractivity contribution in [2.75, 3.05) is 4.90 Å². The maximum Gasteiger partial charge on any atom is 0.0562 e. The summed E-state index contributed by atoms with van der Waals surface area (Å²) in [6, 6.07) is 83.0. The molecule has 1 aromatic heterocycles. The summed E-state index contributed by atoms with van der Waals surface area (Å²) in [7, 11) is 0. The largest absolute Gasteiger partial charge is 0.309 e. The average molecular weight is 715 g/mol. The summed E-state index contributed by atoms with van der Waals surface area (Å²) in [6.45, 7) is 0. The van der Waals surface area contributed by atoms with E-state index < -0.39 is 0 Å². The number of fused-ring (bicyclic) bond motifs is 3. The molecule has 0 saturated heterocycles. The molecule has 0 aliphatic heterocycles. The summed E-state index contributed by atoms with van der Waals surface area (Å²) in [5.74, 6) is 0. The van der Waals surface area contributed by atoms with E-state index in [1.807, 2.05) is 0 Å². The van der Waals surface area contributed by atoms with Crippen LogP contribution in [0.3, 0.4) is 0 Å². The molecule has 0 N–H and O–H groups in total. The minimum atomic E-state index is 1.11. The van der Waals surface area contributed by atoms with Gasteiger partial charge in [-0.2, -0.15) is 0 Å². The van der Waals surface area contributed by atoms with Gasteiger partial charge in [-0.25, -0.2) is 0 Å². The van der Waals surface area contributed by atoms with E-state index in [1.54, 1.807) is 0 Å². The molecule has 0 radical (unpaired) electrons. The van der Waals surface area contributed by atoms with Gasteiger partial charge in [-0.15, -0.1) is 0 Å². The van der Waals surface area contributed by atoms with Crippen LogP contribution in [0.5, 0.6) is 0 Å². The van der Waals surface area contributed by atoms with Crippen molar-refractivity contribution in [3.63, 3.8) is 0 Å². The first-order chi connectivity index (χ1) is 27.8. The van der Waals surface area contributed by atoms with Crippen LogP contribution in [-0.4, -0.2) is 4.57 Å². The Bertz CT molecular complexity index is 2930. The maximum absolute atomic E-state index is 2.44. The van der Waals surface area contributed by atoms with Crippen LogP contribution < -0.4 is 4.90 Å². The van der Waals surface area contributed by atoms with Crippen molar-refractivity contribution in [3.05, 3.63) is 231 Å². The normalized spacial score (nSPS) is 11.2. The second-order valence-electron chi connectivity index (χ2n) is 14.1. The number of aromatic nitrogens is 1. The molecule has 56 heavy (non-hydrogen) atoms. The Balaban J connectivity index is 1.19. The lowest BCUT2D eigenvalue weighted by molar-refractivity contribution is 1.18. The molecule has 0 bridgehead atoms. The molecule has 0 saturated carbocycles. The Morgan fingerprint density at radius 2 is 0.804 bits per heavy atom. The molecule has 0 unspecified atom stereocenters. The summed E-state index contributed by atoms with van der Waals surface area (Å²) >= 11 is 0. The third-order valence-electron chi connectivity index (χ3n) is 10.8. The fraction of sp³-hybridized carbons (Fsp3) is 0. The summed E-state index contributed by atoms with van der Waals surface area (Å²) in [4.78, 5) is 2.43. The van der Waals surface area contributed by atoms with E-state index in [-0.39, 0.29) is 0 Å². The maximum atomic E-state index is 2.44. The van der Waals surface area contributed by atoms with E-state index in [4.69, 9.17) is 0 Å². The van der Waals surface area contributed by atoms with E-state index in [1.165, 1.54) is 60.8 Å². The highest BCUT2D eigenvalue weighted by molar-refractivity contribution is 6.17. The third kappa shape index (κ3) is 5.95. The second-order valence-corrected chi connectivity index (χ2v) is 14.1. The summed E-state index contributed by atoms with van der Waals surface area (Å²) in [5.41, 5.74) is 16.4. The molecule has 0 spiro atoms. The lowest BCUT2D eigenvalue weighted by atomic mass is 9.93. The van der Waals surface area contributed by atoms with Crippen LogP contribution in [0, 0.1) is 0 Å². The monoisotopic (exact) mass is 714 g/mol. The summed E-state index contributed by atoms with van der Waals surface area (Å²) in [5, 5.41) is 2.41. The summed E-state index contributed by atoms with van der Waals surface area (Å²) in [6.07, 6.45) is 0. The first-order valence-corrected chi connectivity index (χ1v) is 19.2. The topological polar surface area (TPSA) is 8.17 Å². The van der Waals surface area contributed by atoms with Gasteiger partial charge in [-0.3, -0.25) is 0 Å². The Hall–Kier alpha value is -7.42. The first kappa shape index (κ1) is 33.2. The van der Waals surface area contributed by atoms with Crippen molar-refractivity contribution in [3.8, 4) is 50.2 Å². The van der Waals surface area contributed by atoms with E-state index in [2.05, 4.69) is 240 Å². The van der Waals surface area contributed by atoms with Crippen LogP contribution in [0.4, 0.5) is 17.1 Å². The van der Waals surface area contributed by atoms with E-state index in [0.29, 0.717) is 0 Å². The quantitative estimate of drug-likeness (QED) is 0.152. The standard InChI is InChI=1S/C54H38N2/c1-5-18-39(19-6-1)40-32-34-43(35-33-40)46-37-36-45(38-49(46)42-22-9-3-10-23-42)56-51-29-16-14-27-48(51)54-52(30-17-31-53(54)56)55(44-24-11-4-12-25-44)50-28-15-13-26-47(50)41-20-7-2-8-21-41/h1-38H. The van der Waals surface area contributed by atoms with E-state index >= 15 is 0 Å².